The summed E-state index contributed by atoms with van der Waals surface area (Å²) in [5.74, 6) is 0.0745. The van der Waals surface area contributed by atoms with E-state index in [1.807, 2.05) is 6.92 Å². The van der Waals surface area contributed by atoms with Gasteiger partial charge in [0.1, 0.15) is 0 Å². The van der Waals surface area contributed by atoms with Crippen LogP contribution >= 0.6 is 0 Å². The molecule has 0 aliphatic heterocycles. The second-order valence-corrected chi connectivity index (χ2v) is 7.00. The number of aliphatic hydroxyl groups is 1. The lowest BCUT2D eigenvalue weighted by Crippen LogP contribution is -2.34. The summed E-state index contributed by atoms with van der Waals surface area (Å²) in [7, 11) is 0. The van der Waals surface area contributed by atoms with E-state index in [9.17, 15) is 4.79 Å². The number of hydrogen-bond donors (Lipinski definition) is 2. The molecule has 0 rings (SSSR count). The van der Waals surface area contributed by atoms with Crippen molar-refractivity contribution in [3.63, 3.8) is 0 Å². The van der Waals surface area contributed by atoms with Gasteiger partial charge in [0.2, 0.25) is 5.91 Å². The summed E-state index contributed by atoms with van der Waals surface area (Å²) in [5.41, 5.74) is 0. The minimum absolute atomic E-state index is 0.0183. The van der Waals surface area contributed by atoms with Crippen LogP contribution in [0.3, 0.4) is 0 Å². The molecule has 1 amide bonds. The third kappa shape index (κ3) is 17.6. The highest BCUT2D eigenvalue weighted by molar-refractivity contribution is 5.76. The Balaban J connectivity index is 3.12. The quantitative estimate of drug-likeness (QED) is 0.354. The first-order chi connectivity index (χ1) is 11.2. The van der Waals surface area contributed by atoms with Crippen molar-refractivity contribution < 1.29 is 9.90 Å². The van der Waals surface area contributed by atoms with E-state index in [-0.39, 0.29) is 18.6 Å². The summed E-state index contributed by atoms with van der Waals surface area (Å²) in [6.45, 7) is 4.11. The first-order valence-electron chi connectivity index (χ1n) is 10.1. The fourth-order valence-electron chi connectivity index (χ4n) is 2.87. The maximum atomic E-state index is 11.5. The zero-order valence-electron chi connectivity index (χ0n) is 15.7. The molecule has 23 heavy (non-hydrogen) atoms. The normalized spacial score (nSPS) is 12.3. The monoisotopic (exact) mass is 327 g/mol. The van der Waals surface area contributed by atoms with Crippen molar-refractivity contribution in [3.8, 4) is 0 Å². The van der Waals surface area contributed by atoms with Crippen LogP contribution < -0.4 is 5.32 Å². The maximum Gasteiger partial charge on any atom is 0.220 e. The van der Waals surface area contributed by atoms with E-state index in [1.54, 1.807) is 0 Å². The number of nitrogens with one attached hydrogen (secondary N) is 1. The van der Waals surface area contributed by atoms with E-state index in [4.69, 9.17) is 5.11 Å². The van der Waals surface area contributed by atoms with E-state index in [2.05, 4.69) is 12.2 Å². The topological polar surface area (TPSA) is 49.3 Å². The Morgan fingerprint density at radius 2 is 1.17 bits per heavy atom. The number of amides is 1. The van der Waals surface area contributed by atoms with Gasteiger partial charge < -0.3 is 10.4 Å². The molecule has 0 aliphatic rings. The molecule has 0 fully saturated rings. The highest BCUT2D eigenvalue weighted by Gasteiger charge is 2.05. The third-order valence-corrected chi connectivity index (χ3v) is 4.44. The number of unbranched alkanes of at least 4 members (excludes halogenated alkanes) is 13. The van der Waals surface area contributed by atoms with Crippen LogP contribution in [0.25, 0.3) is 0 Å². The minimum Gasteiger partial charge on any atom is -0.394 e. The van der Waals surface area contributed by atoms with Gasteiger partial charge in [-0.1, -0.05) is 90.4 Å². The van der Waals surface area contributed by atoms with Gasteiger partial charge in [0.15, 0.2) is 0 Å². The summed E-state index contributed by atoms with van der Waals surface area (Å²) in [5, 5.41) is 11.7. The van der Waals surface area contributed by atoms with Crippen LogP contribution in [-0.2, 0) is 4.79 Å². The predicted octanol–water partition coefficient (Wildman–Crippen LogP) is 5.35. The second-order valence-electron chi connectivity index (χ2n) is 7.00. The molecule has 0 aromatic rings. The van der Waals surface area contributed by atoms with Crippen molar-refractivity contribution in [1.29, 1.82) is 0 Å². The van der Waals surface area contributed by atoms with Gasteiger partial charge in [-0.15, -0.1) is 0 Å². The standard InChI is InChI=1S/C20H41NO2/c1-3-4-5-6-7-8-9-10-11-12-13-14-15-16-17-20(23)21-19(2)18-22/h19,22H,3-18H2,1-2H3,(H,21,23). The van der Waals surface area contributed by atoms with Crippen molar-refractivity contribution in [1.82, 2.24) is 5.32 Å². The number of hydrogen-bond acceptors (Lipinski definition) is 2. The van der Waals surface area contributed by atoms with E-state index in [0.717, 1.165) is 12.8 Å². The smallest absolute Gasteiger partial charge is 0.220 e. The molecule has 3 heteroatoms. The molecule has 2 N–H and O–H groups in total. The Morgan fingerprint density at radius 1 is 0.783 bits per heavy atom. The van der Waals surface area contributed by atoms with Gasteiger partial charge in [0, 0.05) is 12.5 Å². The molecule has 3 nitrogen and oxygen atoms in total. The van der Waals surface area contributed by atoms with Gasteiger partial charge in [-0.25, -0.2) is 0 Å². The van der Waals surface area contributed by atoms with E-state index in [1.165, 1.54) is 77.0 Å². The molecule has 0 heterocycles. The molecule has 0 aromatic carbocycles. The first-order valence-corrected chi connectivity index (χ1v) is 10.1. The lowest BCUT2D eigenvalue weighted by atomic mass is 10.0. The molecule has 138 valence electrons. The van der Waals surface area contributed by atoms with Crippen molar-refractivity contribution in [2.24, 2.45) is 0 Å². The summed E-state index contributed by atoms with van der Waals surface area (Å²) >= 11 is 0. The van der Waals surface area contributed by atoms with Crippen LogP contribution in [0.4, 0.5) is 0 Å². The molecule has 0 bridgehead atoms. The Labute approximate surface area is 144 Å². The number of rotatable bonds is 17. The van der Waals surface area contributed by atoms with E-state index < -0.39 is 0 Å². The van der Waals surface area contributed by atoms with Gasteiger partial charge in [0.05, 0.1) is 6.61 Å². The molecular weight excluding hydrogens is 286 g/mol. The first kappa shape index (κ1) is 22.4. The van der Waals surface area contributed by atoms with E-state index in [0.29, 0.717) is 6.42 Å². The number of aliphatic hydroxyl groups excluding tert-OH is 1. The van der Waals surface area contributed by atoms with Crippen LogP contribution in [0.15, 0.2) is 0 Å². The Kier molecular flexibility index (Phi) is 17.3. The number of carbonyl (C=O) groups excluding carboxylic acids is 1. The van der Waals surface area contributed by atoms with Gasteiger partial charge in [-0.3, -0.25) is 4.79 Å². The van der Waals surface area contributed by atoms with Crippen molar-refractivity contribution >= 4 is 5.91 Å². The van der Waals surface area contributed by atoms with Crippen LogP contribution in [0, 0.1) is 0 Å². The van der Waals surface area contributed by atoms with Crippen LogP contribution in [0.1, 0.15) is 110 Å². The molecule has 0 spiro atoms. The van der Waals surface area contributed by atoms with Gasteiger partial charge >= 0.3 is 0 Å². The lowest BCUT2D eigenvalue weighted by Gasteiger charge is -2.10. The van der Waals surface area contributed by atoms with Crippen molar-refractivity contribution in [2.75, 3.05) is 6.61 Å². The van der Waals surface area contributed by atoms with Crippen LogP contribution in [0.5, 0.6) is 0 Å². The number of carbonyl (C=O) groups is 1. The molecule has 0 saturated heterocycles. The fourth-order valence-corrected chi connectivity index (χ4v) is 2.87. The molecule has 1 unspecified atom stereocenters. The van der Waals surface area contributed by atoms with Gasteiger partial charge in [-0.2, -0.15) is 0 Å². The summed E-state index contributed by atoms with van der Waals surface area (Å²) in [6, 6.07) is -0.117. The summed E-state index contributed by atoms with van der Waals surface area (Å²) < 4.78 is 0. The summed E-state index contributed by atoms with van der Waals surface area (Å²) in [6.07, 6.45) is 19.3. The summed E-state index contributed by atoms with van der Waals surface area (Å²) in [4.78, 5) is 11.5. The average molecular weight is 328 g/mol. The lowest BCUT2D eigenvalue weighted by molar-refractivity contribution is -0.122. The largest absolute Gasteiger partial charge is 0.394 e. The highest BCUT2D eigenvalue weighted by atomic mass is 16.3. The SMILES string of the molecule is CCCCCCCCCCCCCCCCC(=O)NC(C)CO. The fraction of sp³-hybridized carbons (Fsp3) is 0.950. The van der Waals surface area contributed by atoms with Crippen LogP contribution in [0.2, 0.25) is 0 Å². The molecule has 0 aromatic heterocycles. The zero-order valence-corrected chi connectivity index (χ0v) is 15.7. The van der Waals surface area contributed by atoms with Crippen molar-refractivity contribution in [3.05, 3.63) is 0 Å². The minimum atomic E-state index is -0.117. The molecule has 1 atom stereocenters. The molecule has 0 aliphatic carbocycles. The highest BCUT2D eigenvalue weighted by Crippen LogP contribution is 2.13. The van der Waals surface area contributed by atoms with Crippen molar-refractivity contribution in [2.45, 2.75) is 116 Å². The zero-order chi connectivity index (χ0) is 17.2. The molecule has 0 saturated carbocycles. The van der Waals surface area contributed by atoms with E-state index >= 15 is 0 Å². The van der Waals surface area contributed by atoms with Crippen LogP contribution in [-0.4, -0.2) is 23.7 Å². The Hall–Kier alpha value is -0.570. The third-order valence-electron chi connectivity index (χ3n) is 4.44. The average Bonchev–Trinajstić information content (AvgIpc) is 2.55. The Bertz CT molecular complexity index is 256. The maximum absolute atomic E-state index is 11.5. The predicted molar refractivity (Wildman–Crippen MR) is 99.6 cm³/mol. The molecular formula is C20H41NO2. The second kappa shape index (κ2) is 17.8. The van der Waals surface area contributed by atoms with Gasteiger partial charge in [-0.05, 0) is 13.3 Å². The Morgan fingerprint density at radius 3 is 1.57 bits per heavy atom. The molecule has 0 radical (unpaired) electrons. The van der Waals surface area contributed by atoms with Gasteiger partial charge in [0.25, 0.3) is 0 Å².